The maximum Gasteiger partial charge on any atom is 0.322 e. The van der Waals surface area contributed by atoms with Crippen molar-refractivity contribution in [2.45, 2.75) is 38.6 Å². The summed E-state index contributed by atoms with van der Waals surface area (Å²) in [6.45, 7) is 3.17. The fourth-order valence-corrected chi connectivity index (χ4v) is 2.14. The summed E-state index contributed by atoms with van der Waals surface area (Å²) in [6, 6.07) is 7.55. The Labute approximate surface area is 125 Å². The molecule has 1 aromatic carbocycles. The topological polar surface area (TPSA) is 61.8 Å². The molecule has 1 fully saturated rings. The lowest BCUT2D eigenvalue weighted by atomic mass is 10.3. The van der Waals surface area contributed by atoms with Crippen molar-refractivity contribution in [2.75, 3.05) is 25.1 Å². The van der Waals surface area contributed by atoms with E-state index in [1.807, 2.05) is 24.3 Å². The molecule has 1 aliphatic rings. The third kappa shape index (κ3) is 4.93. The molecule has 0 spiro atoms. The van der Waals surface area contributed by atoms with E-state index in [1.54, 1.807) is 4.90 Å². The summed E-state index contributed by atoms with van der Waals surface area (Å²) in [4.78, 5) is 13.9. The second-order valence-corrected chi connectivity index (χ2v) is 5.31. The number of aliphatic hydroxyl groups is 1. The largest absolute Gasteiger partial charge is 0.494 e. The van der Waals surface area contributed by atoms with Crippen molar-refractivity contribution >= 4 is 11.7 Å². The van der Waals surface area contributed by atoms with Crippen LogP contribution in [0, 0.1) is 0 Å². The van der Waals surface area contributed by atoms with Crippen LogP contribution in [0.25, 0.3) is 0 Å². The van der Waals surface area contributed by atoms with Crippen LogP contribution < -0.4 is 10.1 Å². The number of carbonyl (C=O) groups excluding carboxylic acids is 1. The number of unbranched alkanes of at least 4 members (excludes halogenated alkanes) is 1. The van der Waals surface area contributed by atoms with Crippen LogP contribution in [0.1, 0.15) is 32.6 Å². The molecule has 0 unspecified atom stereocenters. The van der Waals surface area contributed by atoms with E-state index >= 15 is 0 Å². The van der Waals surface area contributed by atoms with Crippen molar-refractivity contribution < 1.29 is 14.6 Å². The number of rotatable bonds is 8. The van der Waals surface area contributed by atoms with Crippen LogP contribution in [0.3, 0.4) is 0 Å². The van der Waals surface area contributed by atoms with E-state index < -0.39 is 0 Å². The number of carbonyl (C=O) groups is 1. The molecular formula is C16H24N2O3. The van der Waals surface area contributed by atoms with Crippen LogP contribution in [-0.2, 0) is 0 Å². The van der Waals surface area contributed by atoms with Gasteiger partial charge in [0.05, 0.1) is 13.2 Å². The summed E-state index contributed by atoms with van der Waals surface area (Å²) in [5.41, 5.74) is 0.720. The number of aliphatic hydroxyl groups excluding tert-OH is 1. The van der Waals surface area contributed by atoms with Gasteiger partial charge in [0, 0.05) is 24.3 Å². The predicted octanol–water partition coefficient (Wildman–Crippen LogP) is 2.85. The van der Waals surface area contributed by atoms with Crippen LogP contribution in [0.15, 0.2) is 24.3 Å². The number of anilines is 1. The van der Waals surface area contributed by atoms with Gasteiger partial charge in [-0.3, -0.25) is 0 Å². The predicted molar refractivity (Wildman–Crippen MR) is 82.7 cm³/mol. The van der Waals surface area contributed by atoms with E-state index in [0.717, 1.165) is 37.1 Å². The molecule has 5 nitrogen and oxygen atoms in total. The molecule has 0 aliphatic heterocycles. The molecule has 5 heteroatoms. The molecule has 0 saturated heterocycles. The molecule has 0 radical (unpaired) electrons. The van der Waals surface area contributed by atoms with Gasteiger partial charge in [-0.05, 0) is 31.4 Å². The molecule has 1 aromatic rings. The number of ether oxygens (including phenoxy) is 1. The van der Waals surface area contributed by atoms with Crippen LogP contribution >= 0.6 is 0 Å². The molecule has 0 heterocycles. The highest BCUT2D eigenvalue weighted by Crippen LogP contribution is 2.27. The van der Waals surface area contributed by atoms with Crippen molar-refractivity contribution in [3.8, 4) is 5.75 Å². The zero-order chi connectivity index (χ0) is 15.1. The minimum absolute atomic E-state index is 0.00983. The molecule has 1 aliphatic carbocycles. The SMILES string of the molecule is CCCCOc1cccc(NC(=O)N(CCO)C2CC2)c1. The Balaban J connectivity index is 1.91. The van der Waals surface area contributed by atoms with Crippen molar-refractivity contribution in [2.24, 2.45) is 0 Å². The third-order valence-electron chi connectivity index (χ3n) is 3.44. The standard InChI is InChI=1S/C16H24N2O3/c1-2-3-11-21-15-6-4-5-13(12-15)17-16(20)18(9-10-19)14-7-8-14/h4-6,12,14,19H,2-3,7-11H2,1H3,(H,17,20). The Morgan fingerprint density at radius 1 is 1.48 bits per heavy atom. The zero-order valence-corrected chi connectivity index (χ0v) is 12.5. The summed E-state index contributed by atoms with van der Waals surface area (Å²) < 4.78 is 5.63. The number of benzene rings is 1. The molecule has 21 heavy (non-hydrogen) atoms. The zero-order valence-electron chi connectivity index (χ0n) is 12.5. The van der Waals surface area contributed by atoms with Crippen molar-refractivity contribution in [1.82, 2.24) is 4.90 Å². The van der Waals surface area contributed by atoms with Gasteiger partial charge in [-0.2, -0.15) is 0 Å². The lowest BCUT2D eigenvalue weighted by molar-refractivity contribution is 0.185. The van der Waals surface area contributed by atoms with Gasteiger partial charge in [0.1, 0.15) is 5.75 Å². The van der Waals surface area contributed by atoms with Crippen molar-refractivity contribution in [3.63, 3.8) is 0 Å². The average molecular weight is 292 g/mol. The Bertz CT molecular complexity index is 461. The lowest BCUT2D eigenvalue weighted by Gasteiger charge is -2.21. The van der Waals surface area contributed by atoms with Gasteiger partial charge in [-0.1, -0.05) is 19.4 Å². The minimum Gasteiger partial charge on any atom is -0.494 e. The molecule has 116 valence electrons. The number of hydrogen-bond acceptors (Lipinski definition) is 3. The fourth-order valence-electron chi connectivity index (χ4n) is 2.14. The van der Waals surface area contributed by atoms with Gasteiger partial charge < -0.3 is 20.1 Å². The Hall–Kier alpha value is -1.75. The summed E-state index contributed by atoms with van der Waals surface area (Å²) in [5.74, 6) is 0.765. The van der Waals surface area contributed by atoms with Crippen LogP contribution in [0.5, 0.6) is 5.75 Å². The first kappa shape index (κ1) is 15.6. The quantitative estimate of drug-likeness (QED) is 0.724. The summed E-state index contributed by atoms with van der Waals surface area (Å²) in [7, 11) is 0. The van der Waals surface area contributed by atoms with E-state index in [1.165, 1.54) is 0 Å². The minimum atomic E-state index is -0.155. The number of nitrogens with one attached hydrogen (secondary N) is 1. The fraction of sp³-hybridized carbons (Fsp3) is 0.562. The third-order valence-corrected chi connectivity index (χ3v) is 3.44. The van der Waals surface area contributed by atoms with E-state index in [9.17, 15) is 4.79 Å². The Morgan fingerprint density at radius 2 is 2.29 bits per heavy atom. The summed E-state index contributed by atoms with van der Waals surface area (Å²) in [5, 5.41) is 11.9. The monoisotopic (exact) mass is 292 g/mol. The number of amides is 2. The van der Waals surface area contributed by atoms with Gasteiger partial charge in [-0.15, -0.1) is 0 Å². The average Bonchev–Trinajstić information content (AvgIpc) is 3.30. The van der Waals surface area contributed by atoms with Gasteiger partial charge >= 0.3 is 6.03 Å². The van der Waals surface area contributed by atoms with E-state index in [-0.39, 0.29) is 18.7 Å². The summed E-state index contributed by atoms with van der Waals surface area (Å²) in [6.07, 6.45) is 4.15. The first-order valence-corrected chi connectivity index (χ1v) is 7.66. The van der Waals surface area contributed by atoms with Gasteiger partial charge in [0.2, 0.25) is 0 Å². The lowest BCUT2D eigenvalue weighted by Crippen LogP contribution is -2.38. The highest BCUT2D eigenvalue weighted by Gasteiger charge is 2.32. The van der Waals surface area contributed by atoms with Gasteiger partial charge in [-0.25, -0.2) is 4.79 Å². The maximum absolute atomic E-state index is 12.2. The molecule has 1 saturated carbocycles. The molecule has 0 aromatic heterocycles. The molecule has 0 bridgehead atoms. The smallest absolute Gasteiger partial charge is 0.322 e. The normalized spacial score (nSPS) is 13.8. The summed E-state index contributed by atoms with van der Waals surface area (Å²) >= 11 is 0. The Morgan fingerprint density at radius 3 is 2.95 bits per heavy atom. The van der Waals surface area contributed by atoms with Crippen LogP contribution in [0.2, 0.25) is 0 Å². The van der Waals surface area contributed by atoms with Gasteiger partial charge in [0.15, 0.2) is 0 Å². The molecule has 0 atom stereocenters. The van der Waals surface area contributed by atoms with Crippen LogP contribution in [0.4, 0.5) is 10.5 Å². The number of nitrogens with zero attached hydrogens (tertiary/aromatic N) is 1. The second-order valence-electron chi connectivity index (χ2n) is 5.31. The van der Waals surface area contributed by atoms with Crippen molar-refractivity contribution in [3.05, 3.63) is 24.3 Å². The van der Waals surface area contributed by atoms with Gasteiger partial charge in [0.25, 0.3) is 0 Å². The van der Waals surface area contributed by atoms with Crippen molar-refractivity contribution in [1.29, 1.82) is 0 Å². The first-order chi connectivity index (χ1) is 10.2. The van der Waals surface area contributed by atoms with Crippen LogP contribution in [-0.4, -0.2) is 41.8 Å². The molecule has 2 amide bonds. The Kier molecular flexibility index (Phi) is 5.87. The number of urea groups is 1. The van der Waals surface area contributed by atoms with E-state index in [4.69, 9.17) is 9.84 Å². The highest BCUT2D eigenvalue weighted by atomic mass is 16.5. The molecule has 2 rings (SSSR count). The second kappa shape index (κ2) is 7.88. The highest BCUT2D eigenvalue weighted by molar-refractivity contribution is 5.90. The molecule has 2 N–H and O–H groups in total. The van der Waals surface area contributed by atoms with E-state index in [0.29, 0.717) is 13.2 Å². The molecular weight excluding hydrogens is 268 g/mol. The first-order valence-electron chi connectivity index (χ1n) is 7.66. The maximum atomic E-state index is 12.2. The van der Waals surface area contributed by atoms with E-state index in [2.05, 4.69) is 12.2 Å². The number of hydrogen-bond donors (Lipinski definition) is 2.